The number of rotatable bonds is 6. The summed E-state index contributed by atoms with van der Waals surface area (Å²) in [5.41, 5.74) is -0.182. The molecular formula is C16H21NO6. The number of amides is 1. The van der Waals surface area contributed by atoms with E-state index in [4.69, 9.17) is 14.2 Å². The van der Waals surface area contributed by atoms with E-state index in [9.17, 15) is 14.4 Å². The first kappa shape index (κ1) is 18.5. The highest BCUT2D eigenvalue weighted by Crippen LogP contribution is 2.20. The average Bonchev–Trinajstić information content (AvgIpc) is 2.48. The molecule has 0 heterocycles. The van der Waals surface area contributed by atoms with E-state index in [1.807, 2.05) is 0 Å². The van der Waals surface area contributed by atoms with Gasteiger partial charge in [0, 0.05) is 0 Å². The molecule has 0 saturated heterocycles. The van der Waals surface area contributed by atoms with Gasteiger partial charge >= 0.3 is 12.1 Å². The molecule has 0 radical (unpaired) electrons. The van der Waals surface area contributed by atoms with E-state index >= 15 is 0 Å². The third-order valence-corrected chi connectivity index (χ3v) is 2.63. The normalized spacial score (nSPS) is 12.0. The number of ether oxygens (including phenoxy) is 3. The van der Waals surface area contributed by atoms with Gasteiger partial charge in [-0.3, -0.25) is 4.79 Å². The summed E-state index contributed by atoms with van der Waals surface area (Å²) in [6.07, 6.45) is -0.0935. The molecule has 0 spiro atoms. The number of hydrogen-bond acceptors (Lipinski definition) is 6. The van der Waals surface area contributed by atoms with Gasteiger partial charge in [-0.05, 0) is 38.5 Å². The maximum absolute atomic E-state index is 11.9. The number of esters is 1. The van der Waals surface area contributed by atoms with E-state index in [2.05, 4.69) is 5.32 Å². The minimum atomic E-state index is -1.00. The fourth-order valence-corrected chi connectivity index (χ4v) is 1.71. The molecule has 1 aromatic rings. The third kappa shape index (κ3) is 6.37. The highest BCUT2D eigenvalue weighted by atomic mass is 16.6. The van der Waals surface area contributed by atoms with Crippen LogP contribution in [0.2, 0.25) is 0 Å². The highest BCUT2D eigenvalue weighted by molar-refractivity contribution is 5.82. The van der Waals surface area contributed by atoms with Crippen LogP contribution in [0.1, 0.15) is 32.4 Å². The van der Waals surface area contributed by atoms with Crippen molar-refractivity contribution in [1.82, 2.24) is 5.32 Å². The van der Waals surface area contributed by atoms with Gasteiger partial charge in [-0.25, -0.2) is 9.59 Å². The lowest BCUT2D eigenvalue weighted by atomic mass is 10.1. The van der Waals surface area contributed by atoms with Crippen LogP contribution in [-0.4, -0.2) is 37.7 Å². The summed E-state index contributed by atoms with van der Waals surface area (Å²) in [4.78, 5) is 34.0. The first-order valence-electron chi connectivity index (χ1n) is 7.00. The van der Waals surface area contributed by atoms with Crippen molar-refractivity contribution < 1.29 is 28.6 Å². The zero-order chi connectivity index (χ0) is 17.5. The second-order valence-corrected chi connectivity index (χ2v) is 5.65. The van der Waals surface area contributed by atoms with Gasteiger partial charge < -0.3 is 19.5 Å². The van der Waals surface area contributed by atoms with Gasteiger partial charge in [0.15, 0.2) is 12.3 Å². The Morgan fingerprint density at radius 2 is 1.83 bits per heavy atom. The zero-order valence-electron chi connectivity index (χ0n) is 13.6. The molecule has 0 aliphatic rings. The number of alkyl carbamates (subject to hydrolysis) is 1. The van der Waals surface area contributed by atoms with Gasteiger partial charge in [0.25, 0.3) is 0 Å². The SMILES string of the molecule is COC(=O)[C@@H](NC(=O)OC(C)(C)C)c1ccc(OCC=O)cc1. The molecule has 0 bridgehead atoms. The molecule has 7 nitrogen and oxygen atoms in total. The van der Waals surface area contributed by atoms with Gasteiger partial charge in [-0.1, -0.05) is 12.1 Å². The van der Waals surface area contributed by atoms with Crippen molar-refractivity contribution in [3.05, 3.63) is 29.8 Å². The lowest BCUT2D eigenvalue weighted by Gasteiger charge is -2.22. The Hall–Kier alpha value is -2.57. The fourth-order valence-electron chi connectivity index (χ4n) is 1.71. The zero-order valence-corrected chi connectivity index (χ0v) is 13.6. The number of hydrogen-bond donors (Lipinski definition) is 1. The first-order valence-corrected chi connectivity index (χ1v) is 7.00. The Labute approximate surface area is 134 Å². The van der Waals surface area contributed by atoms with Crippen LogP contribution in [0.4, 0.5) is 4.79 Å². The van der Waals surface area contributed by atoms with Crippen LogP contribution in [0.25, 0.3) is 0 Å². The molecule has 126 valence electrons. The van der Waals surface area contributed by atoms with Gasteiger partial charge in [0.1, 0.15) is 18.0 Å². The van der Waals surface area contributed by atoms with E-state index < -0.39 is 23.7 Å². The standard InChI is InChI=1S/C16H21NO6/c1-16(2,3)23-15(20)17-13(14(19)21-4)11-5-7-12(8-6-11)22-10-9-18/h5-9,13H,10H2,1-4H3,(H,17,20)/t13-/m0/s1. The van der Waals surface area contributed by atoms with Crippen molar-refractivity contribution >= 4 is 18.3 Å². The third-order valence-electron chi connectivity index (χ3n) is 2.63. The van der Waals surface area contributed by atoms with Crippen LogP contribution in [0.3, 0.4) is 0 Å². The molecule has 23 heavy (non-hydrogen) atoms. The Morgan fingerprint density at radius 3 is 2.30 bits per heavy atom. The fraction of sp³-hybridized carbons (Fsp3) is 0.438. The Morgan fingerprint density at radius 1 is 1.22 bits per heavy atom. The van der Waals surface area contributed by atoms with Gasteiger partial charge in [0.05, 0.1) is 7.11 Å². The molecule has 0 saturated carbocycles. The van der Waals surface area contributed by atoms with Gasteiger partial charge in [0.2, 0.25) is 0 Å². The molecule has 0 fully saturated rings. The number of methoxy groups -OCH3 is 1. The van der Waals surface area contributed by atoms with Crippen molar-refractivity contribution in [2.75, 3.05) is 13.7 Å². The molecule has 1 aromatic carbocycles. The van der Waals surface area contributed by atoms with Crippen LogP contribution >= 0.6 is 0 Å². The van der Waals surface area contributed by atoms with Crippen molar-refractivity contribution in [2.45, 2.75) is 32.4 Å². The average molecular weight is 323 g/mol. The van der Waals surface area contributed by atoms with Crippen LogP contribution in [0.15, 0.2) is 24.3 Å². The summed E-state index contributed by atoms with van der Waals surface area (Å²) >= 11 is 0. The summed E-state index contributed by atoms with van der Waals surface area (Å²) in [5, 5.41) is 2.47. The van der Waals surface area contributed by atoms with E-state index in [0.717, 1.165) is 0 Å². The number of nitrogens with one attached hydrogen (secondary N) is 1. The molecule has 7 heteroatoms. The first-order chi connectivity index (χ1) is 10.8. The maximum Gasteiger partial charge on any atom is 0.408 e. The monoisotopic (exact) mass is 323 g/mol. The number of benzene rings is 1. The summed E-state index contributed by atoms with van der Waals surface area (Å²) in [7, 11) is 1.23. The van der Waals surface area contributed by atoms with Crippen molar-refractivity contribution in [3.63, 3.8) is 0 Å². The smallest absolute Gasteiger partial charge is 0.408 e. The predicted molar refractivity (Wildman–Crippen MR) is 82.1 cm³/mol. The van der Waals surface area contributed by atoms with E-state index in [-0.39, 0.29) is 6.61 Å². The van der Waals surface area contributed by atoms with Crippen molar-refractivity contribution in [1.29, 1.82) is 0 Å². The topological polar surface area (TPSA) is 90.9 Å². The largest absolute Gasteiger partial charge is 0.486 e. The van der Waals surface area contributed by atoms with E-state index in [1.54, 1.807) is 45.0 Å². The quantitative estimate of drug-likeness (QED) is 0.636. The summed E-state index contributed by atoms with van der Waals surface area (Å²) in [6, 6.07) is 5.37. The molecule has 0 aliphatic heterocycles. The van der Waals surface area contributed by atoms with Crippen LogP contribution in [-0.2, 0) is 19.1 Å². The molecule has 1 N–H and O–H groups in total. The highest BCUT2D eigenvalue weighted by Gasteiger charge is 2.26. The van der Waals surface area contributed by atoms with Crippen LogP contribution in [0.5, 0.6) is 5.75 Å². The number of carbonyl (C=O) groups excluding carboxylic acids is 3. The lowest BCUT2D eigenvalue weighted by Crippen LogP contribution is -2.38. The van der Waals surface area contributed by atoms with Gasteiger partial charge in [-0.2, -0.15) is 0 Å². The van der Waals surface area contributed by atoms with E-state index in [1.165, 1.54) is 7.11 Å². The molecule has 1 rings (SSSR count). The number of aldehydes is 1. The summed E-state index contributed by atoms with van der Waals surface area (Å²) in [5.74, 6) is -0.154. The van der Waals surface area contributed by atoms with Crippen molar-refractivity contribution in [3.8, 4) is 5.75 Å². The van der Waals surface area contributed by atoms with Gasteiger partial charge in [-0.15, -0.1) is 0 Å². The minimum absolute atomic E-state index is 0.0596. The van der Waals surface area contributed by atoms with Crippen LogP contribution in [0, 0.1) is 0 Å². The second-order valence-electron chi connectivity index (χ2n) is 5.65. The predicted octanol–water partition coefficient (Wildman–Crippen LogP) is 2.00. The lowest BCUT2D eigenvalue weighted by molar-refractivity contribution is -0.143. The van der Waals surface area contributed by atoms with Crippen LogP contribution < -0.4 is 10.1 Å². The Bertz CT molecular complexity index is 547. The number of carbonyl (C=O) groups is 3. The molecular weight excluding hydrogens is 302 g/mol. The summed E-state index contributed by atoms with van der Waals surface area (Å²) in [6.45, 7) is 5.10. The molecule has 0 aromatic heterocycles. The Kier molecular flexibility index (Phi) is 6.56. The summed E-state index contributed by atoms with van der Waals surface area (Å²) < 4.78 is 15.0. The minimum Gasteiger partial charge on any atom is -0.486 e. The molecule has 0 unspecified atom stereocenters. The maximum atomic E-state index is 11.9. The molecule has 1 amide bonds. The Balaban J connectivity index is 2.87. The second kappa shape index (κ2) is 8.17. The van der Waals surface area contributed by atoms with Crippen molar-refractivity contribution in [2.24, 2.45) is 0 Å². The van der Waals surface area contributed by atoms with E-state index in [0.29, 0.717) is 17.6 Å². The molecule has 1 atom stereocenters. The molecule has 0 aliphatic carbocycles.